The Hall–Kier alpha value is -2.22. The predicted molar refractivity (Wildman–Crippen MR) is 90.4 cm³/mol. The lowest BCUT2D eigenvalue weighted by Gasteiger charge is -2.40. The summed E-state index contributed by atoms with van der Waals surface area (Å²) in [5, 5.41) is 6.72. The quantitative estimate of drug-likeness (QED) is 0.846. The molecule has 2 aromatic rings. The fourth-order valence-electron chi connectivity index (χ4n) is 3.05. The maximum absolute atomic E-state index is 12.9. The Bertz CT molecular complexity index is 844. The minimum absolute atomic E-state index is 0.124. The number of rotatable bonds is 4. The van der Waals surface area contributed by atoms with Gasteiger partial charge in [0.25, 0.3) is 5.91 Å². The third-order valence-electron chi connectivity index (χ3n) is 4.64. The lowest BCUT2D eigenvalue weighted by molar-refractivity contribution is -0.137. The van der Waals surface area contributed by atoms with Crippen molar-refractivity contribution in [3.05, 3.63) is 40.5 Å². The molecule has 0 atom stereocenters. The summed E-state index contributed by atoms with van der Waals surface area (Å²) in [6.07, 6.45) is -0.960. The van der Waals surface area contributed by atoms with Gasteiger partial charge in [-0.1, -0.05) is 11.6 Å². The molecule has 0 spiro atoms. The van der Waals surface area contributed by atoms with Gasteiger partial charge >= 0.3 is 6.18 Å². The van der Waals surface area contributed by atoms with Crippen LogP contribution in [-0.2, 0) is 16.5 Å². The van der Waals surface area contributed by atoms with Crippen LogP contribution in [0, 0.1) is 6.92 Å². The van der Waals surface area contributed by atoms with Crippen molar-refractivity contribution in [1.29, 1.82) is 0 Å². The number of hydrogen-bond donors (Lipinski definition) is 1. The normalized spacial score (nSPS) is 16.1. The number of amides is 1. The molecule has 1 aromatic carbocycles. The number of nitrogens with zero attached hydrogens (tertiary/aromatic N) is 2. The summed E-state index contributed by atoms with van der Waals surface area (Å²) in [5.41, 5.74) is -0.896. The zero-order valence-electron chi connectivity index (χ0n) is 14.2. The van der Waals surface area contributed by atoms with Gasteiger partial charge in [-0.2, -0.15) is 18.3 Å². The summed E-state index contributed by atoms with van der Waals surface area (Å²) in [6.45, 7) is 1.82. The van der Waals surface area contributed by atoms with Crippen molar-refractivity contribution in [2.45, 2.75) is 37.9 Å². The third-order valence-corrected chi connectivity index (χ3v) is 4.96. The Morgan fingerprint density at radius 1 is 1.38 bits per heavy atom. The van der Waals surface area contributed by atoms with Crippen molar-refractivity contribution in [2.75, 3.05) is 12.4 Å². The van der Waals surface area contributed by atoms with E-state index in [-0.39, 0.29) is 16.6 Å². The van der Waals surface area contributed by atoms with E-state index in [2.05, 4.69) is 10.4 Å². The Labute approximate surface area is 153 Å². The topological polar surface area (TPSA) is 56.2 Å². The summed E-state index contributed by atoms with van der Waals surface area (Å²) in [5.74, 6) is 0.102. The summed E-state index contributed by atoms with van der Waals surface area (Å²) in [4.78, 5) is 12.9. The first-order valence-electron chi connectivity index (χ1n) is 7.96. The van der Waals surface area contributed by atoms with Gasteiger partial charge in [0.2, 0.25) is 5.88 Å². The molecule has 0 saturated heterocycles. The number of aryl methyl sites for hydroxylation is 1. The van der Waals surface area contributed by atoms with Crippen LogP contribution in [0.2, 0.25) is 5.02 Å². The Morgan fingerprint density at radius 2 is 2.08 bits per heavy atom. The lowest BCUT2D eigenvalue weighted by atomic mass is 9.76. The fourth-order valence-corrected chi connectivity index (χ4v) is 3.28. The Morgan fingerprint density at radius 3 is 2.58 bits per heavy atom. The van der Waals surface area contributed by atoms with E-state index >= 15 is 0 Å². The molecule has 0 unspecified atom stereocenters. The molecule has 26 heavy (non-hydrogen) atoms. The average Bonchev–Trinajstić information content (AvgIpc) is 2.88. The van der Waals surface area contributed by atoms with Crippen LogP contribution in [0.1, 0.15) is 30.4 Å². The van der Waals surface area contributed by atoms with E-state index in [1.165, 1.54) is 7.11 Å². The van der Waals surface area contributed by atoms with Gasteiger partial charge in [-0.15, -0.1) is 0 Å². The molecular formula is C17H17ClF3N3O2. The molecule has 1 aromatic heterocycles. The maximum Gasteiger partial charge on any atom is 0.416 e. The highest BCUT2D eigenvalue weighted by molar-refractivity contribution is 6.33. The van der Waals surface area contributed by atoms with Gasteiger partial charge in [0, 0.05) is 5.56 Å². The van der Waals surface area contributed by atoms with Crippen LogP contribution >= 0.6 is 11.6 Å². The molecule has 0 aliphatic heterocycles. The molecular weight excluding hydrogens is 371 g/mol. The van der Waals surface area contributed by atoms with Crippen molar-refractivity contribution in [2.24, 2.45) is 0 Å². The maximum atomic E-state index is 12.9. The first-order valence-corrected chi connectivity index (χ1v) is 8.34. The SMILES string of the molecule is COc1c(C)cnn1C1(C(=O)Nc2ccc(C(F)(F)F)cc2Cl)CCC1. The highest BCUT2D eigenvalue weighted by Gasteiger charge is 2.48. The van der Waals surface area contributed by atoms with Crippen LogP contribution in [0.5, 0.6) is 5.88 Å². The highest BCUT2D eigenvalue weighted by Crippen LogP contribution is 2.43. The van der Waals surface area contributed by atoms with Gasteiger partial charge in [0.1, 0.15) is 5.54 Å². The zero-order valence-corrected chi connectivity index (χ0v) is 14.9. The summed E-state index contributed by atoms with van der Waals surface area (Å²) in [6, 6.07) is 2.83. The molecule has 1 N–H and O–H groups in total. The molecule has 5 nitrogen and oxygen atoms in total. The van der Waals surface area contributed by atoms with Crippen molar-refractivity contribution < 1.29 is 22.7 Å². The molecule has 140 valence electrons. The second-order valence-corrected chi connectivity index (χ2v) is 6.69. The van der Waals surface area contributed by atoms with Crippen LogP contribution in [0.4, 0.5) is 18.9 Å². The number of carbonyl (C=O) groups is 1. The molecule has 9 heteroatoms. The lowest BCUT2D eigenvalue weighted by Crippen LogP contribution is -2.51. The first kappa shape index (κ1) is 18.6. The van der Waals surface area contributed by atoms with Gasteiger partial charge in [-0.3, -0.25) is 4.79 Å². The van der Waals surface area contributed by atoms with Crippen LogP contribution in [0.15, 0.2) is 24.4 Å². The van der Waals surface area contributed by atoms with Gasteiger partial charge in [0.15, 0.2) is 0 Å². The average molecular weight is 388 g/mol. The standard InChI is InChI=1S/C17H17ClF3N3O2/c1-10-9-22-24(14(10)26-2)16(6-3-7-16)15(25)23-13-5-4-11(8-12(13)18)17(19,20)21/h4-5,8-9H,3,6-7H2,1-2H3,(H,23,25). The number of benzene rings is 1. The zero-order chi connectivity index (χ0) is 19.1. The molecule has 3 rings (SSSR count). The number of nitrogens with one attached hydrogen (secondary N) is 1. The molecule has 1 saturated carbocycles. The van der Waals surface area contributed by atoms with E-state index in [1.54, 1.807) is 10.9 Å². The fraction of sp³-hybridized carbons (Fsp3) is 0.412. The molecule has 1 aliphatic rings. The molecule has 1 heterocycles. The number of hydrogen-bond acceptors (Lipinski definition) is 3. The Balaban J connectivity index is 1.89. The first-order chi connectivity index (χ1) is 12.2. The molecule has 1 fully saturated rings. The number of ether oxygens (including phenoxy) is 1. The number of anilines is 1. The number of alkyl halides is 3. The second-order valence-electron chi connectivity index (χ2n) is 6.28. The van der Waals surface area contributed by atoms with Crippen molar-refractivity contribution in [3.63, 3.8) is 0 Å². The molecule has 1 aliphatic carbocycles. The van der Waals surface area contributed by atoms with Crippen LogP contribution < -0.4 is 10.1 Å². The van der Waals surface area contributed by atoms with Gasteiger partial charge in [-0.25, -0.2) is 4.68 Å². The number of halogens is 4. The highest BCUT2D eigenvalue weighted by atomic mass is 35.5. The van der Waals surface area contributed by atoms with Crippen molar-refractivity contribution >= 4 is 23.2 Å². The van der Waals surface area contributed by atoms with Gasteiger partial charge in [-0.05, 0) is 44.4 Å². The van der Waals surface area contributed by atoms with Gasteiger partial charge < -0.3 is 10.1 Å². The summed E-state index contributed by atoms with van der Waals surface area (Å²) in [7, 11) is 1.50. The van der Waals surface area contributed by atoms with Crippen LogP contribution in [0.25, 0.3) is 0 Å². The number of methoxy groups -OCH3 is 1. The third kappa shape index (κ3) is 3.02. The summed E-state index contributed by atoms with van der Waals surface area (Å²) >= 11 is 5.94. The van der Waals surface area contributed by atoms with Crippen molar-refractivity contribution in [3.8, 4) is 5.88 Å². The molecule has 1 amide bonds. The molecule has 0 bridgehead atoms. The van der Waals surface area contributed by atoms with E-state index in [0.717, 1.165) is 30.2 Å². The van der Waals surface area contributed by atoms with E-state index in [0.29, 0.717) is 18.7 Å². The van der Waals surface area contributed by atoms with E-state index in [1.807, 2.05) is 6.92 Å². The Kier molecular flexibility index (Phi) is 4.64. The van der Waals surface area contributed by atoms with Crippen LogP contribution in [0.3, 0.4) is 0 Å². The van der Waals surface area contributed by atoms with E-state index in [4.69, 9.17) is 16.3 Å². The summed E-state index contributed by atoms with van der Waals surface area (Å²) < 4.78 is 45.1. The largest absolute Gasteiger partial charge is 0.481 e. The number of aromatic nitrogens is 2. The predicted octanol–water partition coefficient (Wildman–Crippen LogP) is 4.39. The monoisotopic (exact) mass is 387 g/mol. The molecule has 0 radical (unpaired) electrons. The minimum atomic E-state index is -4.50. The second kappa shape index (κ2) is 6.50. The minimum Gasteiger partial charge on any atom is -0.481 e. The van der Waals surface area contributed by atoms with Gasteiger partial charge in [0.05, 0.1) is 29.6 Å². The van der Waals surface area contributed by atoms with E-state index in [9.17, 15) is 18.0 Å². The number of carbonyl (C=O) groups excluding carboxylic acids is 1. The van der Waals surface area contributed by atoms with E-state index < -0.39 is 17.3 Å². The smallest absolute Gasteiger partial charge is 0.416 e. The van der Waals surface area contributed by atoms with Crippen LogP contribution in [-0.4, -0.2) is 22.8 Å². The van der Waals surface area contributed by atoms with Crippen molar-refractivity contribution in [1.82, 2.24) is 9.78 Å².